The van der Waals surface area contributed by atoms with Crippen molar-refractivity contribution in [2.45, 2.75) is 13.0 Å². The van der Waals surface area contributed by atoms with Gasteiger partial charge in [-0.05, 0) is 19.1 Å². The van der Waals surface area contributed by atoms with E-state index in [2.05, 4.69) is 9.97 Å². The van der Waals surface area contributed by atoms with E-state index in [9.17, 15) is 5.11 Å². The number of fused-ring (bicyclic) bond motifs is 1. The van der Waals surface area contributed by atoms with Gasteiger partial charge in [-0.25, -0.2) is 9.97 Å². The molecule has 1 atom stereocenters. The first-order chi connectivity index (χ1) is 11.0. The first-order valence-corrected chi connectivity index (χ1v) is 7.89. The van der Waals surface area contributed by atoms with E-state index in [0.29, 0.717) is 21.4 Å². The molecule has 3 rings (SSSR count). The number of aromatic nitrogens is 3. The van der Waals surface area contributed by atoms with E-state index < -0.39 is 0 Å². The summed E-state index contributed by atoms with van der Waals surface area (Å²) in [6, 6.07) is 5.52. The Morgan fingerprint density at radius 3 is 2.78 bits per heavy atom. The molecule has 0 aliphatic heterocycles. The van der Waals surface area contributed by atoms with E-state index in [1.54, 1.807) is 18.6 Å². The number of hydrogen-bond donors (Lipinski definition) is 1. The van der Waals surface area contributed by atoms with Gasteiger partial charge in [0.1, 0.15) is 5.82 Å². The predicted octanol–water partition coefficient (Wildman–Crippen LogP) is 3.54. The number of likely N-dealkylation sites (N-methyl/N-ethyl adjacent to an activating group) is 1. The number of nitrogens with zero attached hydrogens (tertiary/aromatic N) is 4. The Bertz CT molecular complexity index is 836. The van der Waals surface area contributed by atoms with E-state index >= 15 is 0 Å². The maximum atomic E-state index is 9.40. The van der Waals surface area contributed by atoms with Crippen molar-refractivity contribution < 1.29 is 5.11 Å². The number of hydrogen-bond acceptors (Lipinski definition) is 4. The Balaban J connectivity index is 2.29. The van der Waals surface area contributed by atoms with Gasteiger partial charge in [0.25, 0.3) is 0 Å². The third kappa shape index (κ3) is 2.87. The molecule has 7 heteroatoms. The van der Waals surface area contributed by atoms with Crippen molar-refractivity contribution >= 4 is 39.9 Å². The van der Waals surface area contributed by atoms with E-state index in [-0.39, 0.29) is 12.6 Å². The monoisotopic (exact) mass is 350 g/mol. The Morgan fingerprint density at radius 2 is 2.13 bits per heavy atom. The van der Waals surface area contributed by atoms with E-state index in [1.807, 2.05) is 41.8 Å². The highest BCUT2D eigenvalue weighted by atomic mass is 35.5. The molecule has 23 heavy (non-hydrogen) atoms. The van der Waals surface area contributed by atoms with Crippen LogP contribution in [0.3, 0.4) is 0 Å². The quantitative estimate of drug-likeness (QED) is 0.781. The number of aliphatic hydroxyl groups is 1. The van der Waals surface area contributed by atoms with E-state index in [1.165, 1.54) is 0 Å². The van der Waals surface area contributed by atoms with Crippen LogP contribution in [0.4, 0.5) is 5.82 Å². The van der Waals surface area contributed by atoms with Gasteiger partial charge in [-0.3, -0.25) is 0 Å². The highest BCUT2D eigenvalue weighted by molar-refractivity contribution is 6.45. The Labute approximate surface area is 144 Å². The summed E-state index contributed by atoms with van der Waals surface area (Å²) in [5.41, 5.74) is 1.52. The maximum absolute atomic E-state index is 9.40. The summed E-state index contributed by atoms with van der Waals surface area (Å²) in [6.45, 7) is 1.95. The molecule has 5 nitrogen and oxygen atoms in total. The summed E-state index contributed by atoms with van der Waals surface area (Å²) in [5.74, 6) is 0.701. The van der Waals surface area contributed by atoms with Crippen molar-refractivity contribution in [1.82, 2.24) is 14.5 Å². The van der Waals surface area contributed by atoms with Crippen LogP contribution in [0.5, 0.6) is 0 Å². The van der Waals surface area contributed by atoms with Gasteiger partial charge in [0.05, 0.1) is 40.2 Å². The van der Waals surface area contributed by atoms with Gasteiger partial charge in [-0.15, -0.1) is 0 Å². The van der Waals surface area contributed by atoms with E-state index in [4.69, 9.17) is 23.2 Å². The van der Waals surface area contributed by atoms with Crippen molar-refractivity contribution in [3.05, 3.63) is 47.0 Å². The SMILES string of the molecule is C[C@H](CO)N(C)c1cc(-n2ccnc2)c2ccc(Cl)c(Cl)c2n1. The summed E-state index contributed by atoms with van der Waals surface area (Å²) < 4.78 is 1.90. The first-order valence-electron chi connectivity index (χ1n) is 7.13. The molecule has 0 amide bonds. The standard InChI is InChI=1S/C16H16Cl2N4O/c1-10(8-23)21(2)14-7-13(22-6-5-19-9-22)11-3-4-12(17)15(18)16(11)20-14/h3-7,9-10,23H,8H2,1-2H3/t10-/m1/s1. The second-order valence-electron chi connectivity index (χ2n) is 5.37. The third-order valence-electron chi connectivity index (χ3n) is 3.91. The molecule has 2 aromatic heterocycles. The summed E-state index contributed by atoms with van der Waals surface area (Å²) in [5, 5.41) is 11.2. The van der Waals surface area contributed by atoms with Crippen molar-refractivity contribution in [2.24, 2.45) is 0 Å². The zero-order chi connectivity index (χ0) is 16.6. The minimum atomic E-state index is -0.0754. The van der Waals surface area contributed by atoms with Crippen molar-refractivity contribution in [2.75, 3.05) is 18.6 Å². The van der Waals surface area contributed by atoms with Crippen LogP contribution < -0.4 is 4.90 Å². The Kier molecular flexibility index (Phi) is 4.43. The molecular formula is C16H16Cl2N4O. The van der Waals surface area contributed by atoms with Crippen molar-refractivity contribution in [3.8, 4) is 5.69 Å². The minimum absolute atomic E-state index is 0.0277. The molecule has 0 saturated carbocycles. The normalized spacial score (nSPS) is 12.6. The average Bonchev–Trinajstić information content (AvgIpc) is 3.10. The molecule has 0 spiro atoms. The molecule has 0 aliphatic rings. The van der Waals surface area contributed by atoms with Gasteiger partial charge in [0.2, 0.25) is 0 Å². The fourth-order valence-corrected chi connectivity index (χ4v) is 2.71. The topological polar surface area (TPSA) is 54.2 Å². The molecule has 0 aliphatic carbocycles. The highest BCUT2D eigenvalue weighted by Crippen LogP contribution is 2.34. The summed E-state index contributed by atoms with van der Waals surface area (Å²) in [7, 11) is 1.88. The number of anilines is 1. The van der Waals surface area contributed by atoms with Crippen LogP contribution in [0.25, 0.3) is 16.6 Å². The van der Waals surface area contributed by atoms with Crippen LogP contribution in [0, 0.1) is 0 Å². The molecule has 0 bridgehead atoms. The lowest BCUT2D eigenvalue weighted by atomic mass is 10.1. The number of rotatable bonds is 4. The van der Waals surface area contributed by atoms with Crippen LogP contribution in [0.1, 0.15) is 6.92 Å². The van der Waals surface area contributed by atoms with Crippen molar-refractivity contribution in [1.29, 1.82) is 0 Å². The third-order valence-corrected chi connectivity index (χ3v) is 4.70. The van der Waals surface area contributed by atoms with Crippen LogP contribution in [0.2, 0.25) is 10.0 Å². The van der Waals surface area contributed by atoms with Gasteiger partial charge >= 0.3 is 0 Å². The van der Waals surface area contributed by atoms with Crippen LogP contribution in [-0.4, -0.2) is 39.3 Å². The molecule has 0 unspecified atom stereocenters. The fraction of sp³-hybridized carbons (Fsp3) is 0.250. The second kappa shape index (κ2) is 6.35. The molecule has 1 N–H and O–H groups in total. The second-order valence-corrected chi connectivity index (χ2v) is 6.15. The summed E-state index contributed by atoms with van der Waals surface area (Å²) in [6.07, 6.45) is 5.29. The molecular weight excluding hydrogens is 335 g/mol. The molecule has 2 heterocycles. The van der Waals surface area contributed by atoms with E-state index in [0.717, 1.165) is 11.1 Å². The van der Waals surface area contributed by atoms with Gasteiger partial charge < -0.3 is 14.6 Å². The van der Waals surface area contributed by atoms with Crippen LogP contribution >= 0.6 is 23.2 Å². The van der Waals surface area contributed by atoms with Gasteiger partial charge in [0, 0.05) is 30.9 Å². The molecule has 0 fully saturated rings. The molecule has 3 aromatic rings. The zero-order valence-corrected chi connectivity index (χ0v) is 14.3. The minimum Gasteiger partial charge on any atom is -0.394 e. The number of halogens is 2. The molecule has 0 radical (unpaired) electrons. The number of aliphatic hydroxyl groups excluding tert-OH is 1. The first kappa shape index (κ1) is 16.1. The number of pyridine rings is 1. The van der Waals surface area contributed by atoms with Gasteiger partial charge in [-0.2, -0.15) is 0 Å². The molecule has 120 valence electrons. The number of benzene rings is 1. The number of imidazole rings is 1. The summed E-state index contributed by atoms with van der Waals surface area (Å²) >= 11 is 12.5. The lowest BCUT2D eigenvalue weighted by Gasteiger charge is -2.25. The largest absolute Gasteiger partial charge is 0.394 e. The Morgan fingerprint density at radius 1 is 1.35 bits per heavy atom. The summed E-state index contributed by atoms with van der Waals surface area (Å²) in [4.78, 5) is 10.6. The predicted molar refractivity (Wildman–Crippen MR) is 93.8 cm³/mol. The maximum Gasteiger partial charge on any atom is 0.131 e. The zero-order valence-electron chi connectivity index (χ0n) is 12.7. The van der Waals surface area contributed by atoms with Crippen LogP contribution in [-0.2, 0) is 0 Å². The highest BCUT2D eigenvalue weighted by Gasteiger charge is 2.16. The smallest absolute Gasteiger partial charge is 0.131 e. The van der Waals surface area contributed by atoms with Crippen molar-refractivity contribution in [3.63, 3.8) is 0 Å². The lowest BCUT2D eigenvalue weighted by molar-refractivity contribution is 0.270. The van der Waals surface area contributed by atoms with Gasteiger partial charge in [0.15, 0.2) is 0 Å². The average molecular weight is 351 g/mol. The lowest BCUT2D eigenvalue weighted by Crippen LogP contribution is -2.32. The fourth-order valence-electron chi connectivity index (χ4n) is 2.35. The molecule has 0 saturated heterocycles. The molecule has 1 aromatic carbocycles. The van der Waals surface area contributed by atoms with Gasteiger partial charge in [-0.1, -0.05) is 23.2 Å². The van der Waals surface area contributed by atoms with Crippen LogP contribution in [0.15, 0.2) is 36.9 Å². The Hall–Kier alpha value is -1.82.